The zero-order valence-electron chi connectivity index (χ0n) is 12.6. The average Bonchev–Trinajstić information content (AvgIpc) is 3.22. The van der Waals surface area contributed by atoms with Crippen molar-refractivity contribution in [3.05, 3.63) is 30.4 Å². The monoisotopic (exact) mass is 326 g/mol. The van der Waals surface area contributed by atoms with Crippen molar-refractivity contribution < 1.29 is 0 Å². The highest BCUT2D eigenvalue weighted by atomic mass is 32.1. The molecule has 23 heavy (non-hydrogen) atoms. The lowest BCUT2D eigenvalue weighted by Gasteiger charge is -1.98. The van der Waals surface area contributed by atoms with Gasteiger partial charge in [0.05, 0.1) is 6.20 Å². The first kappa shape index (κ1) is 13.9. The molecular formula is C14H14N8S. The second-order valence-corrected chi connectivity index (χ2v) is 6.55. The number of aromatic amines is 1. The van der Waals surface area contributed by atoms with E-state index in [1.165, 1.54) is 11.3 Å². The molecule has 0 fully saturated rings. The standard InChI is InChI=1S/C14H14N8S/c1-8(2)5-9-6-10(18-17-9)12-19-20-14-22(12)21-13(23-14)11-7-15-3-4-16-11/h3-4,6-8H,5H2,1-2H3,(H,17,18). The normalized spacial score (nSPS) is 11.6. The molecule has 0 aliphatic heterocycles. The number of rotatable bonds is 4. The molecule has 4 heterocycles. The third kappa shape index (κ3) is 2.59. The number of H-pyrrole nitrogens is 1. The maximum absolute atomic E-state index is 4.54. The quantitative estimate of drug-likeness (QED) is 0.617. The third-order valence-electron chi connectivity index (χ3n) is 3.26. The number of fused-ring (bicyclic) bond motifs is 1. The molecule has 4 rings (SSSR count). The van der Waals surface area contributed by atoms with Gasteiger partial charge in [-0.3, -0.25) is 15.1 Å². The van der Waals surface area contributed by atoms with E-state index < -0.39 is 0 Å². The van der Waals surface area contributed by atoms with Gasteiger partial charge in [0, 0.05) is 18.1 Å². The van der Waals surface area contributed by atoms with Crippen LogP contribution in [0, 0.1) is 5.92 Å². The van der Waals surface area contributed by atoms with Crippen LogP contribution in [0.1, 0.15) is 19.5 Å². The molecular weight excluding hydrogens is 312 g/mol. The summed E-state index contributed by atoms with van der Waals surface area (Å²) in [5, 5.41) is 21.1. The summed E-state index contributed by atoms with van der Waals surface area (Å²) in [5.74, 6) is 1.18. The molecule has 0 unspecified atom stereocenters. The first-order valence-electron chi connectivity index (χ1n) is 7.24. The van der Waals surface area contributed by atoms with Crippen LogP contribution in [-0.4, -0.2) is 40.0 Å². The Kier molecular flexibility index (Phi) is 3.34. The van der Waals surface area contributed by atoms with Crippen LogP contribution in [0.15, 0.2) is 24.7 Å². The molecule has 116 valence electrons. The Hall–Kier alpha value is -2.68. The highest BCUT2D eigenvalue weighted by Gasteiger charge is 2.17. The summed E-state index contributed by atoms with van der Waals surface area (Å²) in [5.41, 5.74) is 2.54. The molecule has 0 saturated carbocycles. The molecule has 0 aliphatic carbocycles. The highest BCUT2D eigenvalue weighted by molar-refractivity contribution is 7.19. The lowest BCUT2D eigenvalue weighted by atomic mass is 10.1. The van der Waals surface area contributed by atoms with Crippen molar-refractivity contribution in [2.45, 2.75) is 20.3 Å². The van der Waals surface area contributed by atoms with Crippen LogP contribution in [0.5, 0.6) is 0 Å². The molecule has 1 N–H and O–H groups in total. The molecule has 0 atom stereocenters. The third-order valence-corrected chi connectivity index (χ3v) is 4.18. The van der Waals surface area contributed by atoms with Crippen molar-refractivity contribution in [2.24, 2.45) is 5.92 Å². The van der Waals surface area contributed by atoms with Crippen molar-refractivity contribution in [3.8, 4) is 22.2 Å². The average molecular weight is 326 g/mol. The van der Waals surface area contributed by atoms with Gasteiger partial charge in [0.25, 0.3) is 0 Å². The van der Waals surface area contributed by atoms with Crippen LogP contribution < -0.4 is 0 Å². The van der Waals surface area contributed by atoms with E-state index in [1.807, 2.05) is 6.07 Å². The van der Waals surface area contributed by atoms with E-state index in [4.69, 9.17) is 0 Å². The lowest BCUT2D eigenvalue weighted by Crippen LogP contribution is -1.93. The number of hydrogen-bond acceptors (Lipinski definition) is 7. The Balaban J connectivity index is 1.73. The Morgan fingerprint density at radius 3 is 2.91 bits per heavy atom. The van der Waals surface area contributed by atoms with E-state index in [0.29, 0.717) is 16.7 Å². The summed E-state index contributed by atoms with van der Waals surface area (Å²) in [4.78, 5) is 9.04. The Morgan fingerprint density at radius 2 is 2.13 bits per heavy atom. The predicted octanol–water partition coefficient (Wildman–Crippen LogP) is 2.23. The molecule has 0 radical (unpaired) electrons. The first-order chi connectivity index (χ1) is 11.2. The Labute approximate surface area is 135 Å². The van der Waals surface area contributed by atoms with Crippen molar-refractivity contribution in [2.75, 3.05) is 0 Å². The van der Waals surface area contributed by atoms with Gasteiger partial charge in [-0.2, -0.15) is 14.7 Å². The minimum atomic E-state index is 0.559. The van der Waals surface area contributed by atoms with Crippen LogP contribution in [-0.2, 0) is 6.42 Å². The zero-order chi connectivity index (χ0) is 15.8. The van der Waals surface area contributed by atoms with Gasteiger partial charge < -0.3 is 0 Å². The topological polar surface area (TPSA) is 97.5 Å². The van der Waals surface area contributed by atoms with Crippen molar-refractivity contribution in [1.82, 2.24) is 40.0 Å². The zero-order valence-corrected chi connectivity index (χ0v) is 13.4. The molecule has 8 nitrogen and oxygen atoms in total. The van der Waals surface area contributed by atoms with Gasteiger partial charge in [-0.1, -0.05) is 25.2 Å². The molecule has 0 saturated heterocycles. The van der Waals surface area contributed by atoms with Gasteiger partial charge in [0.1, 0.15) is 11.4 Å². The maximum atomic E-state index is 4.54. The fourth-order valence-corrected chi connectivity index (χ4v) is 3.11. The predicted molar refractivity (Wildman–Crippen MR) is 85.8 cm³/mol. The molecule has 0 aromatic carbocycles. The van der Waals surface area contributed by atoms with Gasteiger partial charge in [-0.25, -0.2) is 0 Å². The molecule has 4 aromatic rings. The van der Waals surface area contributed by atoms with Crippen LogP contribution in [0.2, 0.25) is 0 Å². The minimum absolute atomic E-state index is 0.559. The van der Waals surface area contributed by atoms with Gasteiger partial charge in [-0.05, 0) is 18.4 Å². The number of nitrogens with one attached hydrogen (secondary N) is 1. The minimum Gasteiger partial charge on any atom is -0.282 e. The van der Waals surface area contributed by atoms with Crippen LogP contribution >= 0.6 is 11.3 Å². The van der Waals surface area contributed by atoms with Crippen molar-refractivity contribution in [3.63, 3.8) is 0 Å². The van der Waals surface area contributed by atoms with Crippen LogP contribution in [0.4, 0.5) is 0 Å². The van der Waals surface area contributed by atoms with E-state index in [-0.39, 0.29) is 0 Å². The summed E-state index contributed by atoms with van der Waals surface area (Å²) in [7, 11) is 0. The second kappa shape index (κ2) is 5.51. The maximum Gasteiger partial charge on any atom is 0.235 e. The Morgan fingerprint density at radius 1 is 1.22 bits per heavy atom. The summed E-state index contributed by atoms with van der Waals surface area (Å²) in [6.07, 6.45) is 5.90. The lowest BCUT2D eigenvalue weighted by molar-refractivity contribution is 0.633. The summed E-state index contributed by atoms with van der Waals surface area (Å²) >= 11 is 1.42. The van der Waals surface area contributed by atoms with E-state index in [1.54, 1.807) is 23.1 Å². The molecule has 0 amide bonds. The van der Waals surface area contributed by atoms with Crippen molar-refractivity contribution in [1.29, 1.82) is 0 Å². The summed E-state index contributed by atoms with van der Waals surface area (Å²) in [6, 6.07) is 2.00. The number of hydrogen-bond donors (Lipinski definition) is 1. The van der Waals surface area contributed by atoms with E-state index in [0.717, 1.165) is 28.5 Å². The Bertz CT molecular complexity index is 936. The van der Waals surface area contributed by atoms with Crippen LogP contribution in [0.3, 0.4) is 0 Å². The molecule has 9 heteroatoms. The summed E-state index contributed by atoms with van der Waals surface area (Å²) in [6.45, 7) is 4.34. The van der Waals surface area contributed by atoms with Gasteiger partial charge in [0.2, 0.25) is 10.8 Å². The largest absolute Gasteiger partial charge is 0.282 e. The fraction of sp³-hybridized carbons (Fsp3) is 0.286. The van der Waals surface area contributed by atoms with E-state index >= 15 is 0 Å². The fourth-order valence-electron chi connectivity index (χ4n) is 2.31. The number of nitrogens with zero attached hydrogens (tertiary/aromatic N) is 7. The summed E-state index contributed by atoms with van der Waals surface area (Å²) < 4.78 is 1.70. The van der Waals surface area contributed by atoms with Crippen molar-refractivity contribution >= 4 is 16.3 Å². The van der Waals surface area contributed by atoms with E-state index in [9.17, 15) is 0 Å². The molecule has 0 bridgehead atoms. The van der Waals surface area contributed by atoms with Gasteiger partial charge in [-0.15, -0.1) is 10.2 Å². The highest BCUT2D eigenvalue weighted by Crippen LogP contribution is 2.26. The van der Waals surface area contributed by atoms with E-state index in [2.05, 4.69) is 49.3 Å². The first-order valence-corrected chi connectivity index (χ1v) is 8.05. The van der Waals surface area contributed by atoms with Crippen LogP contribution in [0.25, 0.3) is 27.2 Å². The molecule has 0 spiro atoms. The second-order valence-electron chi connectivity index (χ2n) is 5.59. The number of aromatic nitrogens is 8. The van der Waals surface area contributed by atoms with Gasteiger partial charge in [0.15, 0.2) is 5.01 Å². The molecule has 4 aromatic heterocycles. The smallest absolute Gasteiger partial charge is 0.235 e. The molecule has 0 aliphatic rings. The SMILES string of the molecule is CC(C)Cc1cc(-c2nnc3sc(-c4cnccn4)nn23)n[nH]1. The van der Waals surface area contributed by atoms with Gasteiger partial charge >= 0.3 is 0 Å².